The molecule has 0 radical (unpaired) electrons. The number of rotatable bonds is 3. The molecule has 1 aliphatic carbocycles. The van der Waals surface area contributed by atoms with E-state index >= 15 is 0 Å². The van der Waals surface area contributed by atoms with Crippen LogP contribution in [0.2, 0.25) is 0 Å². The van der Waals surface area contributed by atoms with Crippen molar-refractivity contribution in [1.82, 2.24) is 0 Å². The Balaban J connectivity index is 2.46. The zero-order valence-electron chi connectivity index (χ0n) is 8.86. The van der Waals surface area contributed by atoms with Crippen LogP contribution in [0.3, 0.4) is 0 Å². The van der Waals surface area contributed by atoms with Crippen LogP contribution in [0.15, 0.2) is 0 Å². The van der Waals surface area contributed by atoms with E-state index in [2.05, 4.69) is 4.74 Å². The average molecular weight is 201 g/mol. The summed E-state index contributed by atoms with van der Waals surface area (Å²) in [5.74, 6) is -0.104. The summed E-state index contributed by atoms with van der Waals surface area (Å²) >= 11 is 0. The molecule has 0 heterocycles. The van der Waals surface area contributed by atoms with Crippen LogP contribution in [0.5, 0.6) is 0 Å². The van der Waals surface area contributed by atoms with Crippen LogP contribution in [-0.2, 0) is 14.3 Å². The molecule has 1 fully saturated rings. The molecule has 1 aliphatic rings. The molecule has 0 aromatic heterocycles. The molecular weight excluding hydrogens is 182 g/mol. The Hall–Kier alpha value is -0.610. The number of carbonyl (C=O) groups excluding carboxylic acids is 1. The molecule has 4 nitrogen and oxygen atoms in total. The highest BCUT2D eigenvalue weighted by atomic mass is 16.5. The van der Waals surface area contributed by atoms with Crippen molar-refractivity contribution in [2.24, 2.45) is 11.7 Å². The monoisotopic (exact) mass is 201 g/mol. The third kappa shape index (κ3) is 2.69. The van der Waals surface area contributed by atoms with E-state index in [1.54, 1.807) is 7.11 Å². The molecule has 1 rings (SSSR count). The van der Waals surface area contributed by atoms with Gasteiger partial charge in [-0.25, -0.2) is 0 Å². The van der Waals surface area contributed by atoms with Gasteiger partial charge in [0.2, 0.25) is 0 Å². The molecule has 0 aromatic rings. The first kappa shape index (κ1) is 11.5. The van der Waals surface area contributed by atoms with Crippen LogP contribution in [0.1, 0.15) is 25.7 Å². The lowest BCUT2D eigenvalue weighted by atomic mass is 9.82. The molecule has 1 saturated carbocycles. The summed E-state index contributed by atoms with van der Waals surface area (Å²) in [5, 5.41) is 0. The van der Waals surface area contributed by atoms with Crippen LogP contribution >= 0.6 is 0 Å². The molecular formula is C10H19NO3. The van der Waals surface area contributed by atoms with E-state index in [0.717, 1.165) is 25.7 Å². The van der Waals surface area contributed by atoms with Crippen molar-refractivity contribution < 1.29 is 14.3 Å². The zero-order valence-corrected chi connectivity index (χ0v) is 8.86. The van der Waals surface area contributed by atoms with Gasteiger partial charge in [-0.2, -0.15) is 0 Å². The maximum absolute atomic E-state index is 11.2. The fourth-order valence-electron chi connectivity index (χ4n) is 2.05. The first-order chi connectivity index (χ1) is 6.69. The molecule has 14 heavy (non-hydrogen) atoms. The number of esters is 1. The quantitative estimate of drug-likeness (QED) is 0.682. The summed E-state index contributed by atoms with van der Waals surface area (Å²) in [4.78, 5) is 11.2. The van der Waals surface area contributed by atoms with E-state index in [0.29, 0.717) is 0 Å². The Labute approximate surface area is 84.7 Å². The van der Waals surface area contributed by atoms with Crippen LogP contribution in [0.25, 0.3) is 0 Å². The minimum absolute atomic E-state index is 0.209. The normalized spacial score (nSPS) is 29.6. The zero-order chi connectivity index (χ0) is 10.6. The van der Waals surface area contributed by atoms with Gasteiger partial charge in [0.15, 0.2) is 0 Å². The van der Waals surface area contributed by atoms with E-state index in [1.165, 1.54) is 7.11 Å². The Bertz CT molecular complexity index is 196. The van der Waals surface area contributed by atoms with Gasteiger partial charge in [-0.1, -0.05) is 6.42 Å². The van der Waals surface area contributed by atoms with Crippen molar-refractivity contribution in [3.05, 3.63) is 0 Å². The molecule has 0 amide bonds. The van der Waals surface area contributed by atoms with Gasteiger partial charge in [0.1, 0.15) is 6.04 Å². The van der Waals surface area contributed by atoms with Gasteiger partial charge in [-0.05, 0) is 25.2 Å². The van der Waals surface area contributed by atoms with Gasteiger partial charge < -0.3 is 15.2 Å². The molecule has 0 spiro atoms. The number of methoxy groups -OCH3 is 2. The number of nitrogens with two attached hydrogens (primary N) is 1. The minimum Gasteiger partial charge on any atom is -0.468 e. The molecule has 2 N–H and O–H groups in total. The second kappa shape index (κ2) is 5.32. The van der Waals surface area contributed by atoms with Gasteiger partial charge in [0.05, 0.1) is 13.2 Å². The topological polar surface area (TPSA) is 61.5 Å². The number of hydrogen-bond acceptors (Lipinski definition) is 4. The summed E-state index contributed by atoms with van der Waals surface area (Å²) in [6, 6.07) is -0.488. The summed E-state index contributed by atoms with van der Waals surface area (Å²) in [7, 11) is 3.08. The minimum atomic E-state index is -0.488. The third-order valence-corrected chi connectivity index (χ3v) is 2.98. The van der Waals surface area contributed by atoms with E-state index in [4.69, 9.17) is 10.5 Å². The van der Waals surface area contributed by atoms with Crippen molar-refractivity contribution in [3.63, 3.8) is 0 Å². The van der Waals surface area contributed by atoms with Gasteiger partial charge in [0.25, 0.3) is 0 Å². The first-order valence-corrected chi connectivity index (χ1v) is 5.05. The van der Waals surface area contributed by atoms with Gasteiger partial charge >= 0.3 is 5.97 Å². The van der Waals surface area contributed by atoms with Crippen molar-refractivity contribution in [2.45, 2.75) is 37.8 Å². The second-order valence-corrected chi connectivity index (χ2v) is 3.83. The lowest BCUT2D eigenvalue weighted by Gasteiger charge is -2.30. The summed E-state index contributed by atoms with van der Waals surface area (Å²) in [6.45, 7) is 0. The standard InChI is InChI=1S/C10H19NO3/c1-13-8-5-3-4-7(6-8)9(11)10(12)14-2/h7-9H,3-6,11H2,1-2H3/t7-,8-,9-/m0/s1. The predicted octanol–water partition coefficient (Wildman–Crippen LogP) is 0.692. The fourth-order valence-corrected chi connectivity index (χ4v) is 2.05. The molecule has 3 atom stereocenters. The van der Waals surface area contributed by atoms with Gasteiger partial charge in [0, 0.05) is 7.11 Å². The van der Waals surface area contributed by atoms with Gasteiger partial charge in [-0.3, -0.25) is 4.79 Å². The van der Waals surface area contributed by atoms with Crippen molar-refractivity contribution in [1.29, 1.82) is 0 Å². The smallest absolute Gasteiger partial charge is 0.322 e. The fraction of sp³-hybridized carbons (Fsp3) is 0.900. The third-order valence-electron chi connectivity index (χ3n) is 2.98. The molecule has 82 valence electrons. The highest BCUT2D eigenvalue weighted by molar-refractivity contribution is 5.75. The molecule has 0 aromatic carbocycles. The molecule has 0 unspecified atom stereocenters. The first-order valence-electron chi connectivity index (χ1n) is 5.05. The predicted molar refractivity (Wildman–Crippen MR) is 52.7 cm³/mol. The Morgan fingerprint density at radius 1 is 1.43 bits per heavy atom. The van der Waals surface area contributed by atoms with Crippen molar-refractivity contribution in [2.75, 3.05) is 14.2 Å². The van der Waals surface area contributed by atoms with Crippen LogP contribution < -0.4 is 5.73 Å². The van der Waals surface area contributed by atoms with E-state index in [9.17, 15) is 4.79 Å². The number of hydrogen-bond donors (Lipinski definition) is 1. The van der Waals surface area contributed by atoms with E-state index in [1.807, 2.05) is 0 Å². The lowest BCUT2D eigenvalue weighted by Crippen LogP contribution is -2.42. The Morgan fingerprint density at radius 2 is 2.14 bits per heavy atom. The maximum Gasteiger partial charge on any atom is 0.322 e. The summed E-state index contributed by atoms with van der Waals surface area (Å²) in [6.07, 6.45) is 4.27. The number of ether oxygens (including phenoxy) is 2. The SMILES string of the molecule is COC(=O)[C@@H](N)[C@H]1CCC[C@H](OC)C1. The number of carbonyl (C=O) groups is 1. The summed E-state index contributed by atoms with van der Waals surface area (Å²) in [5.41, 5.74) is 5.79. The highest BCUT2D eigenvalue weighted by Crippen LogP contribution is 2.28. The van der Waals surface area contributed by atoms with Crippen molar-refractivity contribution >= 4 is 5.97 Å². The van der Waals surface area contributed by atoms with Crippen LogP contribution in [0.4, 0.5) is 0 Å². The Morgan fingerprint density at radius 3 is 2.71 bits per heavy atom. The highest BCUT2D eigenvalue weighted by Gasteiger charge is 2.30. The van der Waals surface area contributed by atoms with Crippen LogP contribution in [-0.4, -0.2) is 32.3 Å². The van der Waals surface area contributed by atoms with E-state index < -0.39 is 6.04 Å². The van der Waals surface area contributed by atoms with Crippen molar-refractivity contribution in [3.8, 4) is 0 Å². The maximum atomic E-state index is 11.2. The largest absolute Gasteiger partial charge is 0.468 e. The second-order valence-electron chi connectivity index (χ2n) is 3.83. The Kier molecular flexibility index (Phi) is 4.35. The molecule has 0 saturated heterocycles. The molecule has 0 aliphatic heterocycles. The van der Waals surface area contributed by atoms with Crippen LogP contribution in [0, 0.1) is 5.92 Å². The van der Waals surface area contributed by atoms with E-state index in [-0.39, 0.29) is 18.0 Å². The lowest BCUT2D eigenvalue weighted by molar-refractivity contribution is -0.144. The molecule has 0 bridgehead atoms. The summed E-state index contributed by atoms with van der Waals surface area (Å²) < 4.78 is 9.91. The average Bonchev–Trinajstić information content (AvgIpc) is 2.27. The molecule has 4 heteroatoms. The van der Waals surface area contributed by atoms with Gasteiger partial charge in [-0.15, -0.1) is 0 Å².